The van der Waals surface area contributed by atoms with Gasteiger partial charge in [-0.25, -0.2) is 4.79 Å². The third-order valence-corrected chi connectivity index (χ3v) is 5.49. The van der Waals surface area contributed by atoms with Crippen LogP contribution in [0.1, 0.15) is 24.0 Å². The molecule has 2 fully saturated rings. The van der Waals surface area contributed by atoms with E-state index in [4.69, 9.17) is 0 Å². The Bertz CT molecular complexity index is 1200. The van der Waals surface area contributed by atoms with Crippen LogP contribution in [-0.2, 0) is 11.3 Å². The molecule has 1 saturated heterocycles. The molecule has 0 atom stereocenters. The lowest BCUT2D eigenvalue weighted by Crippen LogP contribution is -2.22. The van der Waals surface area contributed by atoms with Crippen LogP contribution in [0.3, 0.4) is 0 Å². The van der Waals surface area contributed by atoms with E-state index in [0.29, 0.717) is 35.7 Å². The summed E-state index contributed by atoms with van der Waals surface area (Å²) >= 11 is 3.54. The van der Waals surface area contributed by atoms with E-state index in [2.05, 4.69) is 52.3 Å². The van der Waals surface area contributed by atoms with Crippen LogP contribution in [0.5, 0.6) is 0 Å². The second-order valence-electron chi connectivity index (χ2n) is 7.04. The predicted octanol–water partition coefficient (Wildman–Crippen LogP) is 2.25. The molecule has 10 nitrogen and oxygen atoms in total. The minimum Gasteiger partial charge on any atom is -0.351 e. The molecule has 3 heterocycles. The molecule has 30 heavy (non-hydrogen) atoms. The Hall–Kier alpha value is -3.47. The highest BCUT2D eigenvalue weighted by Crippen LogP contribution is 2.26. The topological polar surface area (TPSA) is 125 Å². The monoisotopic (exact) mass is 468 g/mol. The summed E-state index contributed by atoms with van der Waals surface area (Å²) in [6.45, 7) is 0.531. The molecular weight excluding hydrogens is 452 g/mol. The molecule has 4 N–H and O–H groups in total. The summed E-state index contributed by atoms with van der Waals surface area (Å²) in [5.74, 6) is 0.514. The summed E-state index contributed by atoms with van der Waals surface area (Å²) in [4.78, 5) is 32.4. The van der Waals surface area contributed by atoms with E-state index in [0.717, 1.165) is 22.9 Å². The molecular formula is C19H17BrN8O2. The zero-order chi connectivity index (χ0) is 20.7. The van der Waals surface area contributed by atoms with Crippen molar-refractivity contribution in [2.75, 3.05) is 10.6 Å². The summed E-state index contributed by atoms with van der Waals surface area (Å²) in [6, 6.07) is 7.72. The van der Waals surface area contributed by atoms with E-state index in [1.165, 1.54) is 0 Å². The van der Waals surface area contributed by atoms with Gasteiger partial charge in [-0.15, -0.1) is 0 Å². The largest absolute Gasteiger partial charge is 0.351 e. The lowest BCUT2D eigenvalue weighted by Gasteiger charge is -2.11. The number of hydrogen-bond acceptors (Lipinski definition) is 7. The van der Waals surface area contributed by atoms with E-state index >= 15 is 0 Å². The lowest BCUT2D eigenvalue weighted by atomic mass is 10.2. The molecule has 11 heteroatoms. The number of fused-ring (bicyclic) bond motifs is 1. The fourth-order valence-corrected chi connectivity index (χ4v) is 3.46. The van der Waals surface area contributed by atoms with Crippen molar-refractivity contribution < 1.29 is 9.59 Å². The molecule has 1 aliphatic heterocycles. The van der Waals surface area contributed by atoms with Crippen molar-refractivity contribution in [2.24, 2.45) is 0 Å². The van der Waals surface area contributed by atoms with Gasteiger partial charge >= 0.3 is 6.03 Å². The van der Waals surface area contributed by atoms with E-state index in [9.17, 15) is 9.59 Å². The highest BCUT2D eigenvalue weighted by atomic mass is 79.9. The quantitative estimate of drug-likeness (QED) is 0.322. The maximum absolute atomic E-state index is 11.9. The van der Waals surface area contributed by atoms with E-state index in [1.807, 2.05) is 24.3 Å². The third kappa shape index (κ3) is 3.71. The van der Waals surface area contributed by atoms with Gasteiger partial charge in [0.25, 0.3) is 5.91 Å². The van der Waals surface area contributed by atoms with Gasteiger partial charge in [0.2, 0.25) is 11.9 Å². The Kier molecular flexibility index (Phi) is 4.58. The van der Waals surface area contributed by atoms with Gasteiger partial charge in [-0.1, -0.05) is 34.1 Å². The number of halogens is 1. The van der Waals surface area contributed by atoms with E-state index in [1.54, 1.807) is 16.8 Å². The number of hydrogen-bond donors (Lipinski definition) is 4. The molecule has 152 valence electrons. The molecule has 1 saturated carbocycles. The number of nitrogens with zero attached hydrogens (tertiary/aromatic N) is 4. The Morgan fingerprint density at radius 3 is 2.77 bits per heavy atom. The molecule has 3 aromatic rings. The average molecular weight is 469 g/mol. The molecule has 5 rings (SSSR count). The number of nitrogens with one attached hydrogen (secondary N) is 4. The minimum absolute atomic E-state index is 0.146. The summed E-state index contributed by atoms with van der Waals surface area (Å²) < 4.78 is 2.59. The van der Waals surface area contributed by atoms with Crippen molar-refractivity contribution in [3.05, 3.63) is 51.8 Å². The zero-order valence-corrected chi connectivity index (χ0v) is 17.2. The van der Waals surface area contributed by atoms with Crippen LogP contribution in [0, 0.1) is 0 Å². The Morgan fingerprint density at radius 1 is 1.20 bits per heavy atom. The SMILES string of the molecule is O=C1NC(=O)/C(=C/c2cnn3c(NC4CC4)nc(NCc4ccccc4Br)nc23)N1. The molecule has 2 aliphatic rings. The minimum atomic E-state index is -0.552. The van der Waals surface area contributed by atoms with Crippen LogP contribution in [0.25, 0.3) is 11.7 Å². The normalized spacial score (nSPS) is 17.3. The van der Waals surface area contributed by atoms with Gasteiger partial charge < -0.3 is 16.0 Å². The first-order valence-corrected chi connectivity index (χ1v) is 10.2. The average Bonchev–Trinajstić information content (AvgIpc) is 3.36. The third-order valence-electron chi connectivity index (χ3n) is 4.72. The summed E-state index contributed by atoms with van der Waals surface area (Å²) in [5, 5.41) is 15.6. The number of amides is 3. The second-order valence-corrected chi connectivity index (χ2v) is 7.89. The summed E-state index contributed by atoms with van der Waals surface area (Å²) in [6.07, 6.45) is 5.30. The number of aromatic nitrogens is 4. The van der Waals surface area contributed by atoms with E-state index < -0.39 is 11.9 Å². The summed E-state index contributed by atoms with van der Waals surface area (Å²) in [5.41, 5.74) is 2.32. The predicted molar refractivity (Wildman–Crippen MR) is 114 cm³/mol. The molecule has 0 unspecified atom stereocenters. The van der Waals surface area contributed by atoms with Gasteiger partial charge in [0.1, 0.15) is 5.70 Å². The summed E-state index contributed by atoms with van der Waals surface area (Å²) in [7, 11) is 0. The van der Waals surface area contributed by atoms with Gasteiger partial charge in [-0.3, -0.25) is 10.1 Å². The molecule has 2 aromatic heterocycles. The first-order valence-electron chi connectivity index (χ1n) is 9.40. The molecule has 1 aromatic carbocycles. The Labute approximate surface area is 179 Å². The Morgan fingerprint density at radius 2 is 2.03 bits per heavy atom. The standard InChI is InChI=1S/C19H17BrN8O2/c20-13-4-2-1-3-10(13)8-21-17-25-15-11(7-14-16(29)26-19(30)24-14)9-22-28(15)18(27-17)23-12-5-6-12/h1-4,7,9,12H,5-6,8H2,(H2,21,23,25,27)(H2,24,26,29,30)/b14-7-. The van der Waals surface area contributed by atoms with Crippen LogP contribution in [0.15, 0.2) is 40.6 Å². The van der Waals surface area contributed by atoms with Crippen molar-refractivity contribution in [3.63, 3.8) is 0 Å². The molecule has 3 amide bonds. The van der Waals surface area contributed by atoms with Crippen LogP contribution in [0.2, 0.25) is 0 Å². The zero-order valence-electron chi connectivity index (χ0n) is 15.6. The maximum Gasteiger partial charge on any atom is 0.326 e. The van der Waals surface area contributed by atoms with Crippen LogP contribution >= 0.6 is 15.9 Å². The van der Waals surface area contributed by atoms with Crippen LogP contribution < -0.4 is 21.3 Å². The maximum atomic E-state index is 11.9. The number of imide groups is 1. The number of urea groups is 1. The van der Waals surface area contributed by atoms with Gasteiger partial charge in [-0.2, -0.15) is 19.6 Å². The lowest BCUT2D eigenvalue weighted by molar-refractivity contribution is -0.115. The molecule has 0 bridgehead atoms. The van der Waals surface area contributed by atoms with Gasteiger partial charge in [0.15, 0.2) is 5.65 Å². The second kappa shape index (κ2) is 7.41. The van der Waals surface area contributed by atoms with E-state index in [-0.39, 0.29) is 5.70 Å². The fraction of sp³-hybridized carbons (Fsp3) is 0.211. The van der Waals surface area contributed by atoms with Gasteiger partial charge in [0.05, 0.1) is 6.20 Å². The molecule has 1 aliphatic carbocycles. The van der Waals surface area contributed by atoms with Crippen molar-refractivity contribution in [1.82, 2.24) is 30.2 Å². The highest BCUT2D eigenvalue weighted by Gasteiger charge is 2.26. The van der Waals surface area contributed by atoms with Crippen LogP contribution in [0.4, 0.5) is 16.7 Å². The number of benzene rings is 1. The molecule has 0 radical (unpaired) electrons. The number of anilines is 2. The highest BCUT2D eigenvalue weighted by molar-refractivity contribution is 9.10. The van der Waals surface area contributed by atoms with Crippen LogP contribution in [-0.4, -0.2) is 37.6 Å². The smallest absolute Gasteiger partial charge is 0.326 e. The van der Waals surface area contributed by atoms with Gasteiger partial charge in [-0.05, 0) is 30.5 Å². The number of carbonyl (C=O) groups is 2. The fourth-order valence-electron chi connectivity index (χ4n) is 3.03. The van der Waals surface area contributed by atoms with Crippen molar-refractivity contribution >= 4 is 51.5 Å². The molecule has 0 spiro atoms. The first-order chi connectivity index (χ1) is 14.6. The Balaban J connectivity index is 1.51. The van der Waals surface area contributed by atoms with Gasteiger partial charge in [0, 0.05) is 22.6 Å². The number of carbonyl (C=O) groups excluding carboxylic acids is 2. The first kappa shape index (κ1) is 18.6. The van der Waals surface area contributed by atoms with Crippen molar-refractivity contribution in [3.8, 4) is 0 Å². The number of rotatable bonds is 6. The van der Waals surface area contributed by atoms with Crippen molar-refractivity contribution in [2.45, 2.75) is 25.4 Å². The van der Waals surface area contributed by atoms with Crippen molar-refractivity contribution in [1.29, 1.82) is 0 Å².